The van der Waals surface area contributed by atoms with E-state index in [1.807, 2.05) is 0 Å². The van der Waals surface area contributed by atoms with Crippen molar-refractivity contribution in [2.24, 2.45) is 0 Å². The smallest absolute Gasteiger partial charge is 0.324 e. The molecule has 0 unspecified atom stereocenters. The van der Waals surface area contributed by atoms with Crippen LogP contribution in [0.1, 0.15) is 5.69 Å². The highest BCUT2D eigenvalue weighted by Gasteiger charge is 2.32. The number of nitrogens with zero attached hydrogens (tertiary/aromatic N) is 4. The molecule has 0 amide bonds. The quantitative estimate of drug-likeness (QED) is 0.642. The average Bonchev–Trinajstić information content (AvgIpc) is 2.56. The average molecular weight is 385 g/mol. The molecule has 0 fully saturated rings. The molecular weight excluding hydrogens is 376 g/mol. The van der Waals surface area contributed by atoms with Crippen molar-refractivity contribution < 1.29 is 17.6 Å². The lowest BCUT2D eigenvalue weighted by molar-refractivity contribution is -0.141. The van der Waals surface area contributed by atoms with Gasteiger partial charge in [0.15, 0.2) is 0 Å². The van der Waals surface area contributed by atoms with Gasteiger partial charge in [-0.25, -0.2) is 4.39 Å². The van der Waals surface area contributed by atoms with Crippen molar-refractivity contribution in [2.45, 2.75) is 6.18 Å². The van der Waals surface area contributed by atoms with E-state index < -0.39 is 17.7 Å². The van der Waals surface area contributed by atoms with Crippen molar-refractivity contribution in [2.75, 3.05) is 10.6 Å². The number of hydrogen-bond donors (Lipinski definition) is 2. The second-order valence-corrected chi connectivity index (χ2v) is 5.27. The van der Waals surface area contributed by atoms with E-state index in [1.54, 1.807) is 0 Å². The zero-order valence-corrected chi connectivity index (χ0v) is 13.5. The van der Waals surface area contributed by atoms with Crippen LogP contribution in [0.4, 0.5) is 40.8 Å². The van der Waals surface area contributed by atoms with Gasteiger partial charge in [0.05, 0.1) is 0 Å². The minimum atomic E-state index is -4.58. The Labute approximate surface area is 149 Å². The molecule has 0 atom stereocenters. The third-order valence-electron chi connectivity index (χ3n) is 3.01. The van der Waals surface area contributed by atoms with Crippen LogP contribution in [0.25, 0.3) is 0 Å². The van der Waals surface area contributed by atoms with Crippen molar-refractivity contribution in [1.82, 2.24) is 19.9 Å². The molecule has 0 aliphatic carbocycles. The fourth-order valence-electron chi connectivity index (χ4n) is 1.92. The molecule has 3 rings (SSSR count). The number of hydrogen-bond acceptors (Lipinski definition) is 6. The van der Waals surface area contributed by atoms with Crippen molar-refractivity contribution in [3.63, 3.8) is 0 Å². The Hall–Kier alpha value is -3.01. The maximum absolute atomic E-state index is 12.9. The standard InChI is InChI=1S/C15H9ClF4N6/c16-12-24-13(22-9-3-1-8(17)2-4-9)26-14(25-12)23-10-5-6-21-11(7-10)15(18,19)20/h1-7H,(H2,21,22,23,24,25,26). The van der Waals surface area contributed by atoms with Crippen LogP contribution < -0.4 is 10.6 Å². The number of alkyl halides is 3. The van der Waals surface area contributed by atoms with E-state index in [0.29, 0.717) is 5.69 Å². The first-order chi connectivity index (χ1) is 12.3. The molecule has 2 heterocycles. The molecule has 0 aliphatic heterocycles. The van der Waals surface area contributed by atoms with Crippen LogP contribution in [0.5, 0.6) is 0 Å². The summed E-state index contributed by atoms with van der Waals surface area (Å²) in [5.74, 6) is -0.456. The lowest BCUT2D eigenvalue weighted by Gasteiger charge is -2.10. The molecule has 0 radical (unpaired) electrons. The second-order valence-electron chi connectivity index (χ2n) is 4.94. The maximum atomic E-state index is 12.9. The summed E-state index contributed by atoms with van der Waals surface area (Å²) in [5.41, 5.74) is -0.502. The molecule has 2 aromatic heterocycles. The van der Waals surface area contributed by atoms with Crippen LogP contribution in [0.15, 0.2) is 42.6 Å². The summed E-state index contributed by atoms with van der Waals surface area (Å²) in [6.45, 7) is 0. The molecule has 1 aromatic carbocycles. The summed E-state index contributed by atoms with van der Waals surface area (Å²) in [4.78, 5) is 14.9. The zero-order chi connectivity index (χ0) is 18.7. The number of pyridine rings is 1. The SMILES string of the molecule is Fc1ccc(Nc2nc(Cl)nc(Nc3ccnc(C(F)(F)F)c3)n2)cc1. The minimum absolute atomic E-state index is 0.0317. The Morgan fingerprint density at radius 2 is 1.46 bits per heavy atom. The van der Waals surface area contributed by atoms with Gasteiger partial charge < -0.3 is 10.6 Å². The highest BCUT2D eigenvalue weighted by atomic mass is 35.5. The molecule has 3 aromatic rings. The van der Waals surface area contributed by atoms with Gasteiger partial charge in [-0.15, -0.1) is 0 Å². The first kappa shape index (κ1) is 17.8. The van der Waals surface area contributed by atoms with E-state index in [1.165, 1.54) is 30.3 Å². The molecule has 0 bridgehead atoms. The molecule has 6 nitrogen and oxygen atoms in total. The predicted molar refractivity (Wildman–Crippen MR) is 87.0 cm³/mol. The van der Waals surface area contributed by atoms with Crippen LogP contribution in [-0.4, -0.2) is 19.9 Å². The molecule has 0 aliphatic rings. The van der Waals surface area contributed by atoms with Gasteiger partial charge in [0.1, 0.15) is 11.5 Å². The molecule has 11 heteroatoms. The van der Waals surface area contributed by atoms with Gasteiger partial charge in [-0.05, 0) is 48.0 Å². The molecule has 26 heavy (non-hydrogen) atoms. The van der Waals surface area contributed by atoms with Crippen LogP contribution >= 0.6 is 11.6 Å². The summed E-state index contributed by atoms with van der Waals surface area (Å²) >= 11 is 5.82. The highest BCUT2D eigenvalue weighted by molar-refractivity contribution is 6.28. The predicted octanol–water partition coefficient (Wildman–Crippen LogP) is 4.57. The summed E-state index contributed by atoms with van der Waals surface area (Å²) in [6.07, 6.45) is -3.57. The van der Waals surface area contributed by atoms with Crippen LogP contribution in [-0.2, 0) is 6.18 Å². The molecule has 2 N–H and O–H groups in total. The number of rotatable bonds is 4. The lowest BCUT2D eigenvalue weighted by Crippen LogP contribution is -2.09. The fourth-order valence-corrected chi connectivity index (χ4v) is 2.08. The molecule has 134 valence electrons. The van der Waals surface area contributed by atoms with Gasteiger partial charge in [0, 0.05) is 17.6 Å². The molecule has 0 saturated carbocycles. The van der Waals surface area contributed by atoms with Crippen molar-refractivity contribution >= 4 is 34.9 Å². The van der Waals surface area contributed by atoms with Gasteiger partial charge in [-0.3, -0.25) is 4.98 Å². The number of aromatic nitrogens is 4. The van der Waals surface area contributed by atoms with Gasteiger partial charge >= 0.3 is 6.18 Å². The van der Waals surface area contributed by atoms with Crippen molar-refractivity contribution in [1.29, 1.82) is 0 Å². The van der Waals surface area contributed by atoms with E-state index in [4.69, 9.17) is 11.6 Å². The first-order valence-electron chi connectivity index (χ1n) is 7.04. The van der Waals surface area contributed by atoms with Gasteiger partial charge in [-0.2, -0.15) is 28.1 Å². The number of nitrogens with one attached hydrogen (secondary N) is 2. The third kappa shape index (κ3) is 4.54. The number of anilines is 4. The van der Waals surface area contributed by atoms with E-state index in [9.17, 15) is 17.6 Å². The Morgan fingerprint density at radius 3 is 2.08 bits per heavy atom. The Morgan fingerprint density at radius 1 is 0.846 bits per heavy atom. The van der Waals surface area contributed by atoms with Crippen molar-refractivity contribution in [3.8, 4) is 0 Å². The van der Waals surface area contributed by atoms with Crippen LogP contribution in [0.2, 0.25) is 5.28 Å². The van der Waals surface area contributed by atoms with E-state index >= 15 is 0 Å². The van der Waals surface area contributed by atoms with E-state index in [2.05, 4.69) is 30.6 Å². The summed E-state index contributed by atoms with van der Waals surface area (Å²) < 4.78 is 51.1. The topological polar surface area (TPSA) is 75.6 Å². The summed E-state index contributed by atoms with van der Waals surface area (Å²) in [5, 5.41) is 5.21. The minimum Gasteiger partial charge on any atom is -0.324 e. The molecular formula is C15H9ClF4N6. The number of benzene rings is 1. The fraction of sp³-hybridized carbons (Fsp3) is 0.0667. The summed E-state index contributed by atoms with van der Waals surface area (Å²) in [7, 11) is 0. The Kier molecular flexibility index (Phi) is 4.85. The normalized spacial score (nSPS) is 11.3. The number of halogens is 5. The van der Waals surface area contributed by atoms with E-state index in [0.717, 1.165) is 12.3 Å². The zero-order valence-electron chi connectivity index (χ0n) is 12.7. The Balaban J connectivity index is 1.83. The van der Waals surface area contributed by atoms with Gasteiger partial charge in [0.2, 0.25) is 17.2 Å². The van der Waals surface area contributed by atoms with Gasteiger partial charge in [-0.1, -0.05) is 0 Å². The van der Waals surface area contributed by atoms with Crippen molar-refractivity contribution in [3.05, 3.63) is 59.4 Å². The lowest BCUT2D eigenvalue weighted by atomic mass is 10.3. The first-order valence-corrected chi connectivity index (χ1v) is 7.42. The maximum Gasteiger partial charge on any atom is 0.433 e. The Bertz CT molecular complexity index is 917. The van der Waals surface area contributed by atoms with Crippen LogP contribution in [0.3, 0.4) is 0 Å². The van der Waals surface area contributed by atoms with E-state index in [-0.39, 0.29) is 22.9 Å². The third-order valence-corrected chi connectivity index (χ3v) is 3.18. The molecule has 0 spiro atoms. The monoisotopic (exact) mass is 384 g/mol. The summed E-state index contributed by atoms with van der Waals surface area (Å²) in [6, 6.07) is 7.52. The highest BCUT2D eigenvalue weighted by Crippen LogP contribution is 2.29. The largest absolute Gasteiger partial charge is 0.433 e. The second kappa shape index (κ2) is 7.08. The van der Waals surface area contributed by atoms with Crippen LogP contribution in [0, 0.1) is 5.82 Å². The molecule has 0 saturated heterocycles. The van der Waals surface area contributed by atoms with Gasteiger partial charge in [0.25, 0.3) is 0 Å².